The monoisotopic (exact) mass is 350 g/mol. The maximum Gasteiger partial charge on any atom is 0.408 e. The smallest absolute Gasteiger partial charge is 0.408 e. The zero-order valence-electron chi connectivity index (χ0n) is 15.3. The molecule has 0 spiro atoms. The van der Waals surface area contributed by atoms with Gasteiger partial charge in [0.25, 0.3) is 0 Å². The number of carbonyl (C=O) groups excluding carboxylic acids is 2. The summed E-state index contributed by atoms with van der Waals surface area (Å²) in [6.07, 6.45) is -0.658. The first kappa shape index (κ1) is 20.5. The topological polar surface area (TPSA) is 105 Å². The van der Waals surface area contributed by atoms with Gasteiger partial charge in [-0.3, -0.25) is 4.79 Å². The lowest BCUT2D eigenvalue weighted by molar-refractivity contribution is -0.124. The van der Waals surface area contributed by atoms with Gasteiger partial charge in [0.1, 0.15) is 11.6 Å². The van der Waals surface area contributed by atoms with Crippen LogP contribution < -0.4 is 10.6 Å². The summed E-state index contributed by atoms with van der Waals surface area (Å²) in [5.74, 6) is -1.53. The quantitative estimate of drug-likeness (QED) is 0.731. The number of hydrogen-bond acceptors (Lipinski definition) is 4. The fourth-order valence-corrected chi connectivity index (χ4v) is 2.08. The van der Waals surface area contributed by atoms with E-state index in [0.29, 0.717) is 5.56 Å². The average Bonchev–Trinajstić information content (AvgIpc) is 2.48. The predicted octanol–water partition coefficient (Wildman–Crippen LogP) is 2.55. The molecule has 7 nitrogen and oxygen atoms in total. The van der Waals surface area contributed by atoms with Crippen LogP contribution in [0.2, 0.25) is 0 Å². The molecule has 0 fully saturated rings. The molecule has 1 aromatic rings. The van der Waals surface area contributed by atoms with E-state index in [-0.39, 0.29) is 23.9 Å². The van der Waals surface area contributed by atoms with Gasteiger partial charge < -0.3 is 20.5 Å². The van der Waals surface area contributed by atoms with Crippen molar-refractivity contribution in [1.82, 2.24) is 10.6 Å². The Balaban J connectivity index is 2.69. The maximum absolute atomic E-state index is 12.4. The molecule has 1 atom stereocenters. The van der Waals surface area contributed by atoms with Gasteiger partial charge in [0.15, 0.2) is 0 Å². The van der Waals surface area contributed by atoms with Crippen molar-refractivity contribution in [2.45, 2.75) is 52.8 Å². The number of hydrogen-bond donors (Lipinski definition) is 3. The van der Waals surface area contributed by atoms with Crippen LogP contribution in [-0.2, 0) is 16.1 Å². The van der Waals surface area contributed by atoms with Crippen LogP contribution in [0, 0.1) is 5.92 Å². The first-order chi connectivity index (χ1) is 11.5. The molecule has 0 unspecified atom stereocenters. The first-order valence-electron chi connectivity index (χ1n) is 8.09. The second-order valence-corrected chi connectivity index (χ2v) is 7.09. The molecule has 138 valence electrons. The van der Waals surface area contributed by atoms with Crippen molar-refractivity contribution in [2.24, 2.45) is 5.92 Å². The molecular formula is C18H26N2O5. The average molecular weight is 350 g/mol. The molecule has 0 saturated heterocycles. The Morgan fingerprint density at radius 3 is 2.36 bits per heavy atom. The van der Waals surface area contributed by atoms with Crippen LogP contribution >= 0.6 is 0 Å². The van der Waals surface area contributed by atoms with Crippen molar-refractivity contribution in [1.29, 1.82) is 0 Å². The number of carboxylic acids is 1. The largest absolute Gasteiger partial charge is 0.478 e. The Kier molecular flexibility index (Phi) is 6.97. The number of carboxylic acid groups (broad SMARTS) is 1. The van der Waals surface area contributed by atoms with Gasteiger partial charge in [-0.25, -0.2) is 9.59 Å². The molecule has 3 N–H and O–H groups in total. The van der Waals surface area contributed by atoms with Crippen molar-refractivity contribution < 1.29 is 24.2 Å². The van der Waals surface area contributed by atoms with Crippen molar-refractivity contribution in [3.8, 4) is 0 Å². The lowest BCUT2D eigenvalue weighted by Gasteiger charge is -2.25. The molecule has 1 aromatic carbocycles. The van der Waals surface area contributed by atoms with E-state index in [9.17, 15) is 14.4 Å². The summed E-state index contributed by atoms with van der Waals surface area (Å²) in [4.78, 5) is 35.2. The Bertz CT molecular complexity index is 635. The van der Waals surface area contributed by atoms with Crippen LogP contribution in [0.15, 0.2) is 24.3 Å². The Morgan fingerprint density at radius 1 is 1.20 bits per heavy atom. The zero-order valence-corrected chi connectivity index (χ0v) is 15.3. The van der Waals surface area contributed by atoms with Gasteiger partial charge in [-0.2, -0.15) is 0 Å². The normalized spacial score (nSPS) is 12.4. The van der Waals surface area contributed by atoms with E-state index in [1.807, 2.05) is 13.8 Å². The van der Waals surface area contributed by atoms with Crippen molar-refractivity contribution in [3.05, 3.63) is 35.4 Å². The van der Waals surface area contributed by atoms with Crippen LogP contribution in [0.1, 0.15) is 50.5 Å². The van der Waals surface area contributed by atoms with E-state index >= 15 is 0 Å². The molecular weight excluding hydrogens is 324 g/mol. The molecule has 0 aromatic heterocycles. The summed E-state index contributed by atoms with van der Waals surface area (Å²) in [6, 6.07) is 5.56. The van der Waals surface area contributed by atoms with Crippen molar-refractivity contribution >= 4 is 18.0 Å². The van der Waals surface area contributed by atoms with Gasteiger partial charge in [0, 0.05) is 6.54 Å². The number of rotatable bonds is 6. The third-order valence-electron chi connectivity index (χ3n) is 3.26. The molecule has 0 aliphatic rings. The minimum atomic E-state index is -1.03. The van der Waals surface area contributed by atoms with E-state index in [1.165, 1.54) is 12.1 Å². The fraction of sp³-hybridized carbons (Fsp3) is 0.500. The lowest BCUT2D eigenvalue weighted by atomic mass is 10.0. The third kappa shape index (κ3) is 7.24. The summed E-state index contributed by atoms with van der Waals surface area (Å²) in [6.45, 7) is 9.02. The molecule has 0 radical (unpaired) electrons. The summed E-state index contributed by atoms with van der Waals surface area (Å²) in [5.41, 5.74) is 0.159. The maximum atomic E-state index is 12.4. The van der Waals surface area contributed by atoms with Crippen LogP contribution in [0.4, 0.5) is 4.79 Å². The highest BCUT2D eigenvalue weighted by atomic mass is 16.6. The number of aromatic carboxylic acids is 1. The number of benzene rings is 1. The van der Waals surface area contributed by atoms with Crippen molar-refractivity contribution in [2.75, 3.05) is 0 Å². The van der Waals surface area contributed by atoms with Gasteiger partial charge in [-0.15, -0.1) is 0 Å². The van der Waals surface area contributed by atoms with E-state index in [1.54, 1.807) is 32.9 Å². The van der Waals surface area contributed by atoms with E-state index in [2.05, 4.69) is 10.6 Å². The van der Waals surface area contributed by atoms with Gasteiger partial charge in [0.05, 0.1) is 5.56 Å². The molecule has 0 aliphatic heterocycles. The predicted molar refractivity (Wildman–Crippen MR) is 93.2 cm³/mol. The molecule has 0 heterocycles. The number of amides is 2. The van der Waals surface area contributed by atoms with Gasteiger partial charge >= 0.3 is 12.1 Å². The zero-order chi connectivity index (χ0) is 19.2. The lowest BCUT2D eigenvalue weighted by Crippen LogP contribution is -2.50. The van der Waals surface area contributed by atoms with Crippen LogP contribution in [-0.4, -0.2) is 34.7 Å². The van der Waals surface area contributed by atoms with E-state index < -0.39 is 23.7 Å². The van der Waals surface area contributed by atoms with Crippen molar-refractivity contribution in [3.63, 3.8) is 0 Å². The highest BCUT2D eigenvalue weighted by molar-refractivity contribution is 5.88. The molecule has 0 aliphatic carbocycles. The SMILES string of the molecule is CC(C)[C@H](NC(=O)OC(C)(C)C)C(=O)NCc1cccc(C(=O)O)c1. The Morgan fingerprint density at radius 2 is 1.84 bits per heavy atom. The fourth-order valence-electron chi connectivity index (χ4n) is 2.08. The number of nitrogens with one attached hydrogen (secondary N) is 2. The molecule has 2 amide bonds. The summed E-state index contributed by atoms with van der Waals surface area (Å²) >= 11 is 0. The summed E-state index contributed by atoms with van der Waals surface area (Å²) in [5, 5.41) is 14.3. The van der Waals surface area contributed by atoms with Crippen LogP contribution in [0.5, 0.6) is 0 Å². The van der Waals surface area contributed by atoms with E-state index in [4.69, 9.17) is 9.84 Å². The Hall–Kier alpha value is -2.57. The molecule has 0 bridgehead atoms. The Labute approximate surface area is 147 Å². The molecule has 0 saturated carbocycles. The molecule has 25 heavy (non-hydrogen) atoms. The molecule has 1 rings (SSSR count). The number of ether oxygens (including phenoxy) is 1. The highest BCUT2D eigenvalue weighted by Gasteiger charge is 2.26. The highest BCUT2D eigenvalue weighted by Crippen LogP contribution is 2.10. The summed E-state index contributed by atoms with van der Waals surface area (Å²) in [7, 11) is 0. The standard InChI is InChI=1S/C18H26N2O5/c1-11(2)14(20-17(24)25-18(3,4)5)15(21)19-10-12-7-6-8-13(9-12)16(22)23/h6-9,11,14H,10H2,1-5H3,(H,19,21)(H,20,24)(H,22,23)/t14-/m0/s1. The van der Waals surface area contributed by atoms with Crippen LogP contribution in [0.25, 0.3) is 0 Å². The third-order valence-corrected chi connectivity index (χ3v) is 3.26. The minimum absolute atomic E-state index is 0.141. The number of carbonyl (C=O) groups is 3. The van der Waals surface area contributed by atoms with Gasteiger partial charge in [-0.1, -0.05) is 26.0 Å². The van der Waals surface area contributed by atoms with Crippen LogP contribution in [0.3, 0.4) is 0 Å². The summed E-state index contributed by atoms with van der Waals surface area (Å²) < 4.78 is 5.18. The number of alkyl carbamates (subject to hydrolysis) is 1. The second-order valence-electron chi connectivity index (χ2n) is 7.09. The van der Waals surface area contributed by atoms with Gasteiger partial charge in [-0.05, 0) is 44.4 Å². The first-order valence-corrected chi connectivity index (χ1v) is 8.09. The molecule has 7 heteroatoms. The van der Waals surface area contributed by atoms with Gasteiger partial charge in [0.2, 0.25) is 5.91 Å². The van der Waals surface area contributed by atoms with E-state index in [0.717, 1.165) is 0 Å². The minimum Gasteiger partial charge on any atom is -0.478 e. The second kappa shape index (κ2) is 8.50.